The zero-order valence-electron chi connectivity index (χ0n) is 26.3. The van der Waals surface area contributed by atoms with Crippen molar-refractivity contribution >= 4 is 49.8 Å². The zero-order valence-corrected chi connectivity index (χ0v) is 26.3. The number of fused-ring (bicyclic) bond motifs is 4. The first-order chi connectivity index (χ1) is 23.8. The minimum Gasteiger partial charge on any atom is -0.456 e. The number of furan rings is 1. The standard InChI is InChI=1S/C46H31NO/c1-2-9-32(10-3-1)34-19-24-40(25-20-34)47(42-14-8-13-37(30-42)38-18-17-33-11-4-5-12-36(33)29-38)41-26-21-35(22-27-41)39-23-28-44-43-15-6-7-16-45(43)48-46(44)31-39/h1-31H. The van der Waals surface area contributed by atoms with Gasteiger partial charge in [-0.05, 0) is 105 Å². The molecule has 0 bridgehead atoms. The molecule has 0 amide bonds. The summed E-state index contributed by atoms with van der Waals surface area (Å²) in [5.74, 6) is 0. The van der Waals surface area contributed by atoms with Crippen molar-refractivity contribution in [3.05, 3.63) is 188 Å². The summed E-state index contributed by atoms with van der Waals surface area (Å²) < 4.78 is 6.20. The van der Waals surface area contributed by atoms with Crippen LogP contribution >= 0.6 is 0 Å². The van der Waals surface area contributed by atoms with E-state index in [9.17, 15) is 0 Å². The van der Waals surface area contributed by atoms with Crippen molar-refractivity contribution in [2.75, 3.05) is 4.90 Å². The zero-order chi connectivity index (χ0) is 31.9. The van der Waals surface area contributed by atoms with Crippen LogP contribution in [0.25, 0.3) is 66.1 Å². The number of anilines is 3. The smallest absolute Gasteiger partial charge is 0.136 e. The fourth-order valence-electron chi connectivity index (χ4n) is 6.78. The first kappa shape index (κ1) is 27.9. The fourth-order valence-corrected chi connectivity index (χ4v) is 6.78. The van der Waals surface area contributed by atoms with Crippen molar-refractivity contribution in [1.29, 1.82) is 0 Å². The second-order valence-corrected chi connectivity index (χ2v) is 12.2. The van der Waals surface area contributed by atoms with Crippen molar-refractivity contribution in [3.63, 3.8) is 0 Å². The molecule has 0 aliphatic carbocycles. The van der Waals surface area contributed by atoms with Crippen LogP contribution in [-0.4, -0.2) is 0 Å². The summed E-state index contributed by atoms with van der Waals surface area (Å²) >= 11 is 0. The number of nitrogens with zero attached hydrogens (tertiary/aromatic N) is 1. The van der Waals surface area contributed by atoms with Crippen LogP contribution in [0.5, 0.6) is 0 Å². The second kappa shape index (κ2) is 11.8. The molecule has 0 radical (unpaired) electrons. The summed E-state index contributed by atoms with van der Waals surface area (Å²) in [6.07, 6.45) is 0. The monoisotopic (exact) mass is 613 g/mol. The van der Waals surface area contributed by atoms with Crippen LogP contribution in [0.2, 0.25) is 0 Å². The van der Waals surface area contributed by atoms with E-state index >= 15 is 0 Å². The fraction of sp³-hybridized carbons (Fsp3) is 0. The molecule has 0 spiro atoms. The normalized spacial score (nSPS) is 11.3. The average Bonchev–Trinajstić information content (AvgIpc) is 3.54. The number of hydrogen-bond donors (Lipinski definition) is 0. The van der Waals surface area contributed by atoms with Gasteiger partial charge in [0.05, 0.1) is 0 Å². The Morgan fingerprint density at radius 3 is 1.62 bits per heavy atom. The van der Waals surface area contributed by atoms with Gasteiger partial charge in [-0.2, -0.15) is 0 Å². The topological polar surface area (TPSA) is 16.4 Å². The highest BCUT2D eigenvalue weighted by Gasteiger charge is 2.15. The van der Waals surface area contributed by atoms with E-state index in [1.807, 2.05) is 12.1 Å². The molecule has 0 aliphatic heterocycles. The first-order valence-electron chi connectivity index (χ1n) is 16.3. The van der Waals surface area contributed by atoms with Crippen molar-refractivity contribution in [3.8, 4) is 33.4 Å². The van der Waals surface area contributed by atoms with Gasteiger partial charge in [-0.1, -0.05) is 127 Å². The van der Waals surface area contributed by atoms with Gasteiger partial charge in [0.15, 0.2) is 0 Å². The summed E-state index contributed by atoms with van der Waals surface area (Å²) in [6.45, 7) is 0. The minimum absolute atomic E-state index is 0.906. The molecule has 0 unspecified atom stereocenters. The first-order valence-corrected chi connectivity index (χ1v) is 16.3. The lowest BCUT2D eigenvalue weighted by atomic mass is 10.00. The lowest BCUT2D eigenvalue weighted by molar-refractivity contribution is 0.669. The summed E-state index contributed by atoms with van der Waals surface area (Å²) in [5, 5.41) is 4.78. The van der Waals surface area contributed by atoms with Crippen LogP contribution in [0.3, 0.4) is 0 Å². The van der Waals surface area contributed by atoms with Crippen molar-refractivity contribution < 1.29 is 4.42 Å². The molecule has 9 rings (SSSR count). The van der Waals surface area contributed by atoms with Gasteiger partial charge in [0.25, 0.3) is 0 Å². The van der Waals surface area contributed by atoms with E-state index in [1.54, 1.807) is 0 Å². The molecule has 48 heavy (non-hydrogen) atoms. The van der Waals surface area contributed by atoms with Crippen LogP contribution in [0.4, 0.5) is 17.1 Å². The van der Waals surface area contributed by atoms with Crippen LogP contribution in [0.1, 0.15) is 0 Å². The predicted octanol–water partition coefficient (Wildman–Crippen LogP) is 13.2. The van der Waals surface area contributed by atoms with E-state index in [0.717, 1.165) is 50.1 Å². The highest BCUT2D eigenvalue weighted by atomic mass is 16.3. The van der Waals surface area contributed by atoms with E-state index in [0.29, 0.717) is 0 Å². The Morgan fingerprint density at radius 1 is 0.292 bits per heavy atom. The Morgan fingerprint density at radius 2 is 0.833 bits per heavy atom. The molecule has 226 valence electrons. The number of para-hydroxylation sites is 1. The molecule has 0 saturated carbocycles. The van der Waals surface area contributed by atoms with Gasteiger partial charge in [0.1, 0.15) is 11.2 Å². The summed E-state index contributed by atoms with van der Waals surface area (Å²) in [5.41, 5.74) is 12.2. The van der Waals surface area contributed by atoms with Crippen molar-refractivity contribution in [1.82, 2.24) is 0 Å². The predicted molar refractivity (Wildman–Crippen MR) is 202 cm³/mol. The third-order valence-electron chi connectivity index (χ3n) is 9.26. The SMILES string of the molecule is c1ccc(-c2ccc(N(c3ccc(-c4ccc5c(c4)oc4ccccc45)cc3)c3cccc(-c4ccc5ccccc5c4)c3)cc2)cc1. The van der Waals surface area contributed by atoms with E-state index in [1.165, 1.54) is 33.0 Å². The molecule has 0 saturated heterocycles. The van der Waals surface area contributed by atoms with E-state index in [4.69, 9.17) is 4.42 Å². The molecule has 2 heteroatoms. The third kappa shape index (κ3) is 5.10. The van der Waals surface area contributed by atoms with Gasteiger partial charge in [0.2, 0.25) is 0 Å². The Kier molecular flexibility index (Phi) is 6.84. The quantitative estimate of drug-likeness (QED) is 0.185. The lowest BCUT2D eigenvalue weighted by Crippen LogP contribution is -2.10. The highest BCUT2D eigenvalue weighted by molar-refractivity contribution is 6.05. The van der Waals surface area contributed by atoms with Gasteiger partial charge < -0.3 is 9.32 Å². The van der Waals surface area contributed by atoms with E-state index in [2.05, 4.69) is 181 Å². The molecule has 1 aromatic heterocycles. The van der Waals surface area contributed by atoms with Gasteiger partial charge in [0, 0.05) is 27.8 Å². The summed E-state index contributed by atoms with van der Waals surface area (Å²) in [6, 6.07) is 67.0. The number of hydrogen-bond acceptors (Lipinski definition) is 2. The van der Waals surface area contributed by atoms with Gasteiger partial charge in [-0.25, -0.2) is 0 Å². The van der Waals surface area contributed by atoms with Gasteiger partial charge in [-0.3, -0.25) is 0 Å². The minimum atomic E-state index is 0.906. The molecular formula is C46H31NO. The molecule has 8 aromatic carbocycles. The largest absolute Gasteiger partial charge is 0.456 e. The average molecular weight is 614 g/mol. The maximum Gasteiger partial charge on any atom is 0.136 e. The number of rotatable bonds is 6. The molecule has 9 aromatic rings. The third-order valence-corrected chi connectivity index (χ3v) is 9.26. The molecule has 0 N–H and O–H groups in total. The number of benzene rings is 8. The van der Waals surface area contributed by atoms with Crippen LogP contribution < -0.4 is 4.90 Å². The van der Waals surface area contributed by atoms with E-state index in [-0.39, 0.29) is 0 Å². The molecule has 0 fully saturated rings. The van der Waals surface area contributed by atoms with Crippen LogP contribution in [0, 0.1) is 0 Å². The second-order valence-electron chi connectivity index (χ2n) is 12.2. The summed E-state index contributed by atoms with van der Waals surface area (Å²) in [7, 11) is 0. The van der Waals surface area contributed by atoms with Gasteiger partial charge >= 0.3 is 0 Å². The molecular weight excluding hydrogens is 583 g/mol. The lowest BCUT2D eigenvalue weighted by Gasteiger charge is -2.26. The Labute approximate surface area is 279 Å². The molecule has 0 atom stereocenters. The van der Waals surface area contributed by atoms with Crippen molar-refractivity contribution in [2.45, 2.75) is 0 Å². The highest BCUT2D eigenvalue weighted by Crippen LogP contribution is 2.39. The Bertz CT molecular complexity index is 2540. The van der Waals surface area contributed by atoms with E-state index < -0.39 is 0 Å². The molecule has 0 aliphatic rings. The summed E-state index contributed by atoms with van der Waals surface area (Å²) in [4.78, 5) is 2.34. The van der Waals surface area contributed by atoms with Crippen LogP contribution in [-0.2, 0) is 0 Å². The van der Waals surface area contributed by atoms with Crippen molar-refractivity contribution in [2.24, 2.45) is 0 Å². The molecule has 2 nitrogen and oxygen atoms in total. The Balaban J connectivity index is 1.11. The molecule has 1 heterocycles. The van der Waals surface area contributed by atoms with Crippen LogP contribution in [0.15, 0.2) is 192 Å². The Hall–Kier alpha value is -6.38. The maximum atomic E-state index is 6.20. The van der Waals surface area contributed by atoms with Gasteiger partial charge in [-0.15, -0.1) is 0 Å². The maximum absolute atomic E-state index is 6.20.